The standard InChI is InChI=1S/C14H13Br2N/c1-3-17-10(2)12(15)8-9-14(17)11-6-4-5-7-13(11)16/h4-9H,2-3H2,1H3. The van der Waals surface area contributed by atoms with E-state index < -0.39 is 0 Å². The average molecular weight is 355 g/mol. The molecule has 0 aliphatic carbocycles. The van der Waals surface area contributed by atoms with Crippen molar-refractivity contribution in [1.82, 2.24) is 4.90 Å². The summed E-state index contributed by atoms with van der Waals surface area (Å²) in [7, 11) is 0. The van der Waals surface area contributed by atoms with Gasteiger partial charge < -0.3 is 4.90 Å². The van der Waals surface area contributed by atoms with Gasteiger partial charge in [0.15, 0.2) is 0 Å². The van der Waals surface area contributed by atoms with Crippen LogP contribution < -0.4 is 0 Å². The fraction of sp³-hybridized carbons (Fsp3) is 0.143. The summed E-state index contributed by atoms with van der Waals surface area (Å²) in [6.07, 6.45) is 4.16. The maximum atomic E-state index is 4.11. The minimum Gasteiger partial charge on any atom is -0.341 e. The Labute approximate surface area is 119 Å². The van der Waals surface area contributed by atoms with Gasteiger partial charge in [0.2, 0.25) is 0 Å². The molecule has 0 N–H and O–H groups in total. The van der Waals surface area contributed by atoms with Gasteiger partial charge in [-0.2, -0.15) is 0 Å². The predicted octanol–water partition coefficient (Wildman–Crippen LogP) is 4.92. The van der Waals surface area contributed by atoms with Crippen molar-refractivity contribution in [1.29, 1.82) is 0 Å². The van der Waals surface area contributed by atoms with Crippen LogP contribution in [0.5, 0.6) is 0 Å². The first-order chi connectivity index (χ1) is 8.15. The molecule has 3 heteroatoms. The Bertz CT molecular complexity index is 515. The maximum absolute atomic E-state index is 4.11. The molecule has 1 aromatic carbocycles. The van der Waals surface area contributed by atoms with Gasteiger partial charge in [0.1, 0.15) is 0 Å². The van der Waals surface area contributed by atoms with Gasteiger partial charge in [0.05, 0.1) is 0 Å². The Kier molecular flexibility index (Phi) is 3.89. The Balaban J connectivity index is 2.51. The zero-order chi connectivity index (χ0) is 12.4. The fourth-order valence-electron chi connectivity index (χ4n) is 1.88. The molecule has 0 saturated carbocycles. The lowest BCUT2D eigenvalue weighted by molar-refractivity contribution is 0.528. The van der Waals surface area contributed by atoms with Crippen LogP contribution in [0, 0.1) is 0 Å². The molecule has 1 aromatic rings. The zero-order valence-electron chi connectivity index (χ0n) is 9.58. The molecule has 0 unspecified atom stereocenters. The number of likely N-dealkylation sites (N-methyl/N-ethyl adjacent to an activating group) is 1. The van der Waals surface area contributed by atoms with E-state index >= 15 is 0 Å². The molecule has 1 nitrogen and oxygen atoms in total. The van der Waals surface area contributed by atoms with Gasteiger partial charge in [-0.3, -0.25) is 0 Å². The molecule has 0 bridgehead atoms. The van der Waals surface area contributed by atoms with Crippen LogP contribution in [0.3, 0.4) is 0 Å². The van der Waals surface area contributed by atoms with E-state index in [-0.39, 0.29) is 0 Å². The first kappa shape index (κ1) is 12.7. The normalized spacial score (nSPS) is 15.7. The molecule has 0 radical (unpaired) electrons. The van der Waals surface area contributed by atoms with Crippen molar-refractivity contribution in [2.45, 2.75) is 6.92 Å². The van der Waals surface area contributed by atoms with Crippen molar-refractivity contribution < 1.29 is 0 Å². The van der Waals surface area contributed by atoms with Crippen LogP contribution in [0.1, 0.15) is 12.5 Å². The van der Waals surface area contributed by atoms with Crippen molar-refractivity contribution in [3.05, 3.63) is 63.2 Å². The molecule has 0 aromatic heterocycles. The summed E-state index contributed by atoms with van der Waals surface area (Å²) in [5.74, 6) is 0. The van der Waals surface area contributed by atoms with E-state index in [0.29, 0.717) is 0 Å². The summed E-state index contributed by atoms with van der Waals surface area (Å²) in [6, 6.07) is 8.23. The fourth-order valence-corrected chi connectivity index (χ4v) is 2.71. The molecule has 2 rings (SSSR count). The highest BCUT2D eigenvalue weighted by molar-refractivity contribution is 9.12. The summed E-state index contributed by atoms with van der Waals surface area (Å²) >= 11 is 7.11. The van der Waals surface area contributed by atoms with E-state index in [9.17, 15) is 0 Å². The summed E-state index contributed by atoms with van der Waals surface area (Å²) in [5, 5.41) is 0. The van der Waals surface area contributed by atoms with E-state index in [1.807, 2.05) is 18.2 Å². The molecule has 0 saturated heterocycles. The van der Waals surface area contributed by atoms with Crippen molar-refractivity contribution in [2.24, 2.45) is 0 Å². The maximum Gasteiger partial charge on any atom is 0.0496 e. The summed E-state index contributed by atoms with van der Waals surface area (Å²) in [6.45, 7) is 7.13. The SMILES string of the molecule is C=C1C(Br)=CC=C(c2ccccc2Br)N1CC. The molecule has 0 fully saturated rings. The summed E-state index contributed by atoms with van der Waals surface area (Å²) in [4.78, 5) is 2.20. The van der Waals surface area contributed by atoms with Crippen molar-refractivity contribution in [3.63, 3.8) is 0 Å². The molecule has 17 heavy (non-hydrogen) atoms. The lowest BCUT2D eigenvalue weighted by Gasteiger charge is -2.31. The second kappa shape index (κ2) is 5.23. The second-order valence-corrected chi connectivity index (χ2v) is 5.45. The van der Waals surface area contributed by atoms with Crippen LogP contribution in [0.15, 0.2) is 57.6 Å². The Morgan fingerprint density at radius 2 is 1.88 bits per heavy atom. The zero-order valence-corrected chi connectivity index (χ0v) is 12.8. The number of allylic oxidation sites excluding steroid dienone is 3. The highest BCUT2D eigenvalue weighted by atomic mass is 79.9. The summed E-state index contributed by atoms with van der Waals surface area (Å²) in [5.41, 5.74) is 3.36. The lowest BCUT2D eigenvalue weighted by Crippen LogP contribution is -2.22. The second-order valence-electron chi connectivity index (χ2n) is 3.74. The lowest BCUT2D eigenvalue weighted by atomic mass is 10.1. The van der Waals surface area contributed by atoms with Crippen LogP contribution >= 0.6 is 31.9 Å². The number of nitrogens with zero attached hydrogens (tertiary/aromatic N) is 1. The first-order valence-electron chi connectivity index (χ1n) is 5.44. The average Bonchev–Trinajstić information content (AvgIpc) is 2.33. The smallest absolute Gasteiger partial charge is 0.0496 e. The third-order valence-electron chi connectivity index (χ3n) is 2.75. The number of hydrogen-bond donors (Lipinski definition) is 0. The quantitative estimate of drug-likeness (QED) is 0.728. The molecule has 88 valence electrons. The third-order valence-corrected chi connectivity index (χ3v) is 4.16. The highest BCUT2D eigenvalue weighted by Crippen LogP contribution is 2.35. The first-order valence-corrected chi connectivity index (χ1v) is 7.03. The Morgan fingerprint density at radius 1 is 1.18 bits per heavy atom. The van der Waals surface area contributed by atoms with Gasteiger partial charge in [-0.15, -0.1) is 0 Å². The van der Waals surface area contributed by atoms with Crippen molar-refractivity contribution >= 4 is 37.6 Å². The number of benzene rings is 1. The molecule has 0 spiro atoms. The monoisotopic (exact) mass is 353 g/mol. The van der Waals surface area contributed by atoms with Gasteiger partial charge in [-0.25, -0.2) is 0 Å². The van der Waals surface area contributed by atoms with E-state index in [4.69, 9.17) is 0 Å². The van der Waals surface area contributed by atoms with Crippen molar-refractivity contribution in [3.8, 4) is 0 Å². The van der Waals surface area contributed by atoms with E-state index in [2.05, 4.69) is 68.5 Å². The van der Waals surface area contributed by atoms with Gasteiger partial charge in [-0.05, 0) is 41.1 Å². The molecular formula is C14H13Br2N. The van der Waals surface area contributed by atoms with E-state index in [1.165, 1.54) is 11.3 Å². The number of rotatable bonds is 2. The van der Waals surface area contributed by atoms with Crippen LogP contribution in [0.25, 0.3) is 5.70 Å². The number of hydrogen-bond acceptors (Lipinski definition) is 1. The number of halogens is 2. The van der Waals surface area contributed by atoms with Crippen LogP contribution in [-0.4, -0.2) is 11.4 Å². The Hall–Kier alpha value is -0.800. The highest BCUT2D eigenvalue weighted by Gasteiger charge is 2.19. The minimum absolute atomic E-state index is 0.898. The topological polar surface area (TPSA) is 3.24 Å². The Morgan fingerprint density at radius 3 is 2.53 bits per heavy atom. The van der Waals surface area contributed by atoms with Crippen molar-refractivity contribution in [2.75, 3.05) is 6.54 Å². The summed E-state index contributed by atoms with van der Waals surface area (Å²) < 4.78 is 2.14. The van der Waals surface area contributed by atoms with Crippen LogP contribution in [0.2, 0.25) is 0 Å². The van der Waals surface area contributed by atoms with E-state index in [1.54, 1.807) is 0 Å². The minimum atomic E-state index is 0.898. The van der Waals surface area contributed by atoms with Gasteiger partial charge in [-0.1, -0.05) is 40.7 Å². The molecule has 0 atom stereocenters. The van der Waals surface area contributed by atoms with Gasteiger partial charge >= 0.3 is 0 Å². The molecule has 0 amide bonds. The molecule has 1 aliphatic heterocycles. The predicted molar refractivity (Wildman–Crippen MR) is 80.6 cm³/mol. The third kappa shape index (κ3) is 2.40. The van der Waals surface area contributed by atoms with Crippen LogP contribution in [0.4, 0.5) is 0 Å². The molecular weight excluding hydrogens is 342 g/mol. The van der Waals surface area contributed by atoms with E-state index in [0.717, 1.165) is 21.2 Å². The molecule has 1 aliphatic rings. The largest absolute Gasteiger partial charge is 0.341 e. The van der Waals surface area contributed by atoms with Crippen LogP contribution in [-0.2, 0) is 0 Å². The molecule has 1 heterocycles. The van der Waals surface area contributed by atoms with Gasteiger partial charge in [0.25, 0.3) is 0 Å². The van der Waals surface area contributed by atoms with Gasteiger partial charge in [0, 0.05) is 32.5 Å².